The summed E-state index contributed by atoms with van der Waals surface area (Å²) in [5.74, 6) is 0.419. The molecule has 0 aromatic rings. The fourth-order valence-electron chi connectivity index (χ4n) is 2.84. The lowest BCUT2D eigenvalue weighted by Crippen LogP contribution is -2.47. The molecule has 2 rings (SSSR count). The first kappa shape index (κ1) is 11.9. The molecule has 3 nitrogen and oxygen atoms in total. The largest absolute Gasteiger partial charge is 0.391 e. The molecule has 3 unspecified atom stereocenters. The number of likely N-dealkylation sites (N-methyl/N-ethyl adjacent to an activating group) is 1. The maximum atomic E-state index is 12.2. The second-order valence-corrected chi connectivity index (χ2v) is 6.11. The van der Waals surface area contributed by atoms with E-state index in [0.717, 1.165) is 32.1 Å². The lowest BCUT2D eigenvalue weighted by atomic mass is 9.91. The van der Waals surface area contributed by atoms with E-state index in [1.54, 1.807) is 0 Å². The van der Waals surface area contributed by atoms with Gasteiger partial charge in [-0.3, -0.25) is 4.79 Å². The summed E-state index contributed by atoms with van der Waals surface area (Å²) in [5.41, 5.74) is 0.185. The molecule has 2 aliphatic carbocycles. The highest BCUT2D eigenvalue weighted by molar-refractivity contribution is 5.82. The molecule has 2 saturated carbocycles. The molecule has 0 heterocycles. The van der Waals surface area contributed by atoms with Crippen LogP contribution >= 0.6 is 0 Å². The Morgan fingerprint density at radius 2 is 1.88 bits per heavy atom. The fourth-order valence-corrected chi connectivity index (χ4v) is 2.84. The summed E-state index contributed by atoms with van der Waals surface area (Å²) in [7, 11) is 1.86. The van der Waals surface area contributed by atoms with Gasteiger partial charge in [-0.15, -0.1) is 0 Å². The summed E-state index contributed by atoms with van der Waals surface area (Å²) in [6, 6.07) is 0.0534. The Morgan fingerprint density at radius 3 is 2.38 bits per heavy atom. The van der Waals surface area contributed by atoms with Crippen LogP contribution in [0.4, 0.5) is 0 Å². The first-order chi connectivity index (χ1) is 7.43. The van der Waals surface area contributed by atoms with Crippen molar-refractivity contribution in [3.8, 4) is 0 Å². The average Bonchev–Trinajstić information content (AvgIpc) is 2.86. The summed E-state index contributed by atoms with van der Waals surface area (Å²) in [4.78, 5) is 14.0. The van der Waals surface area contributed by atoms with E-state index in [9.17, 15) is 9.90 Å². The SMILES string of the molecule is CN(C(=O)C1CC1(C)C)C1CCCCC1O. The molecule has 0 aromatic carbocycles. The Balaban J connectivity index is 1.96. The van der Waals surface area contributed by atoms with Gasteiger partial charge in [0.15, 0.2) is 0 Å². The van der Waals surface area contributed by atoms with E-state index < -0.39 is 0 Å². The van der Waals surface area contributed by atoms with Crippen molar-refractivity contribution in [3.63, 3.8) is 0 Å². The van der Waals surface area contributed by atoms with Crippen molar-refractivity contribution in [2.24, 2.45) is 11.3 Å². The van der Waals surface area contributed by atoms with Gasteiger partial charge in [0.25, 0.3) is 0 Å². The zero-order chi connectivity index (χ0) is 11.9. The van der Waals surface area contributed by atoms with Crippen LogP contribution in [0, 0.1) is 11.3 Å². The van der Waals surface area contributed by atoms with Crippen LogP contribution < -0.4 is 0 Å². The van der Waals surface area contributed by atoms with Crippen molar-refractivity contribution in [1.82, 2.24) is 4.90 Å². The third-order valence-electron chi connectivity index (χ3n) is 4.35. The predicted octanol–water partition coefficient (Wildman–Crippen LogP) is 1.79. The fraction of sp³-hybridized carbons (Fsp3) is 0.923. The summed E-state index contributed by atoms with van der Waals surface area (Å²) in [6.45, 7) is 4.28. The molecule has 0 spiro atoms. The number of hydrogen-bond acceptors (Lipinski definition) is 2. The average molecular weight is 225 g/mol. The number of amides is 1. The molecule has 3 atom stereocenters. The predicted molar refractivity (Wildman–Crippen MR) is 62.9 cm³/mol. The first-order valence-corrected chi connectivity index (χ1v) is 6.38. The molecule has 0 bridgehead atoms. The molecule has 16 heavy (non-hydrogen) atoms. The van der Waals surface area contributed by atoms with E-state index in [1.165, 1.54) is 0 Å². The summed E-state index contributed by atoms with van der Waals surface area (Å²) in [5, 5.41) is 9.93. The number of rotatable bonds is 2. The minimum atomic E-state index is -0.315. The van der Waals surface area contributed by atoms with Crippen LogP contribution in [0.25, 0.3) is 0 Å². The van der Waals surface area contributed by atoms with Crippen molar-refractivity contribution in [2.45, 2.75) is 58.1 Å². The zero-order valence-corrected chi connectivity index (χ0v) is 10.6. The molecule has 2 fully saturated rings. The van der Waals surface area contributed by atoms with Gasteiger partial charge in [0, 0.05) is 13.0 Å². The van der Waals surface area contributed by atoms with Crippen LogP contribution in [-0.4, -0.2) is 35.1 Å². The van der Waals surface area contributed by atoms with E-state index in [1.807, 2.05) is 11.9 Å². The third-order valence-corrected chi connectivity index (χ3v) is 4.35. The van der Waals surface area contributed by atoms with Gasteiger partial charge in [0.05, 0.1) is 12.1 Å². The van der Waals surface area contributed by atoms with E-state index in [4.69, 9.17) is 0 Å². The summed E-state index contributed by atoms with van der Waals surface area (Å²) in [6.07, 6.45) is 4.71. The lowest BCUT2D eigenvalue weighted by Gasteiger charge is -2.35. The third kappa shape index (κ3) is 2.10. The lowest BCUT2D eigenvalue weighted by molar-refractivity contribution is -0.137. The molecule has 1 amide bonds. The Kier molecular flexibility index (Phi) is 2.99. The maximum Gasteiger partial charge on any atom is 0.226 e. The molecule has 0 saturated heterocycles. The monoisotopic (exact) mass is 225 g/mol. The zero-order valence-electron chi connectivity index (χ0n) is 10.6. The molecule has 0 aliphatic heterocycles. The maximum absolute atomic E-state index is 12.2. The van der Waals surface area contributed by atoms with E-state index in [2.05, 4.69) is 13.8 Å². The molecule has 1 N–H and O–H groups in total. The highest BCUT2D eigenvalue weighted by atomic mass is 16.3. The molecule has 0 radical (unpaired) electrons. The molecule has 0 aromatic heterocycles. The van der Waals surface area contributed by atoms with Gasteiger partial charge in [0.1, 0.15) is 0 Å². The smallest absolute Gasteiger partial charge is 0.226 e. The first-order valence-electron chi connectivity index (χ1n) is 6.38. The van der Waals surface area contributed by atoms with Gasteiger partial charge < -0.3 is 10.0 Å². The summed E-state index contributed by atoms with van der Waals surface area (Å²) < 4.78 is 0. The van der Waals surface area contributed by atoms with Crippen LogP contribution in [0.5, 0.6) is 0 Å². The van der Waals surface area contributed by atoms with Crippen LogP contribution in [0.2, 0.25) is 0 Å². The second kappa shape index (κ2) is 4.02. The van der Waals surface area contributed by atoms with Gasteiger partial charge in [0.2, 0.25) is 5.91 Å². The van der Waals surface area contributed by atoms with Crippen molar-refractivity contribution in [2.75, 3.05) is 7.05 Å². The highest BCUT2D eigenvalue weighted by Gasteiger charge is 2.52. The minimum absolute atomic E-state index is 0.0534. The van der Waals surface area contributed by atoms with Crippen LogP contribution in [-0.2, 0) is 4.79 Å². The normalized spacial score (nSPS) is 36.9. The molecule has 92 valence electrons. The molecule has 3 heteroatoms. The molecule has 2 aliphatic rings. The minimum Gasteiger partial charge on any atom is -0.391 e. The quantitative estimate of drug-likeness (QED) is 0.778. The van der Waals surface area contributed by atoms with Crippen molar-refractivity contribution >= 4 is 5.91 Å². The Bertz CT molecular complexity index is 288. The highest BCUT2D eigenvalue weighted by Crippen LogP contribution is 2.52. The van der Waals surface area contributed by atoms with Gasteiger partial charge in [-0.2, -0.15) is 0 Å². The Labute approximate surface area is 97.8 Å². The molecular weight excluding hydrogens is 202 g/mol. The second-order valence-electron chi connectivity index (χ2n) is 6.11. The number of hydrogen-bond donors (Lipinski definition) is 1. The van der Waals surface area contributed by atoms with E-state index >= 15 is 0 Å². The van der Waals surface area contributed by atoms with Gasteiger partial charge in [-0.05, 0) is 24.7 Å². The van der Waals surface area contributed by atoms with Gasteiger partial charge in [-0.25, -0.2) is 0 Å². The number of aliphatic hydroxyl groups excluding tert-OH is 1. The number of carbonyl (C=O) groups is 1. The van der Waals surface area contributed by atoms with Crippen molar-refractivity contribution < 1.29 is 9.90 Å². The van der Waals surface area contributed by atoms with Crippen LogP contribution in [0.1, 0.15) is 46.0 Å². The number of nitrogens with zero attached hydrogens (tertiary/aromatic N) is 1. The van der Waals surface area contributed by atoms with Crippen LogP contribution in [0.15, 0.2) is 0 Å². The van der Waals surface area contributed by atoms with Gasteiger partial charge >= 0.3 is 0 Å². The van der Waals surface area contributed by atoms with Crippen LogP contribution in [0.3, 0.4) is 0 Å². The summed E-state index contributed by atoms with van der Waals surface area (Å²) >= 11 is 0. The van der Waals surface area contributed by atoms with E-state index in [0.29, 0.717) is 0 Å². The number of carbonyl (C=O) groups excluding carboxylic acids is 1. The number of aliphatic hydroxyl groups is 1. The van der Waals surface area contributed by atoms with Gasteiger partial charge in [-0.1, -0.05) is 26.7 Å². The Morgan fingerprint density at radius 1 is 1.31 bits per heavy atom. The topological polar surface area (TPSA) is 40.5 Å². The molecular formula is C13H23NO2. The van der Waals surface area contributed by atoms with Crippen molar-refractivity contribution in [1.29, 1.82) is 0 Å². The standard InChI is InChI=1S/C13H23NO2/c1-13(2)8-9(13)12(16)14(3)10-6-4-5-7-11(10)15/h9-11,15H,4-8H2,1-3H3. The van der Waals surface area contributed by atoms with E-state index in [-0.39, 0.29) is 29.4 Å². The Hall–Kier alpha value is -0.570. The van der Waals surface area contributed by atoms with Crippen molar-refractivity contribution in [3.05, 3.63) is 0 Å².